The third-order valence-electron chi connectivity index (χ3n) is 8.22. The summed E-state index contributed by atoms with van der Waals surface area (Å²) in [7, 11) is -7.04. The van der Waals surface area contributed by atoms with Gasteiger partial charge in [-0.2, -0.15) is 0 Å². The Balaban J connectivity index is 0.000000384. The first-order chi connectivity index (χ1) is 26.4. The molecular weight excluding hydrogens is 1100 g/mol. The van der Waals surface area contributed by atoms with Crippen molar-refractivity contribution in [1.82, 2.24) is 10.2 Å². The van der Waals surface area contributed by atoms with E-state index < -0.39 is 23.1 Å². The van der Waals surface area contributed by atoms with Gasteiger partial charge in [0.2, 0.25) is 0 Å². The molecule has 0 atom stereocenters. The Kier molecular flexibility index (Phi) is 27.0. The van der Waals surface area contributed by atoms with Crippen molar-refractivity contribution in [3.8, 4) is 0 Å². The molecule has 0 aliphatic heterocycles. The van der Waals surface area contributed by atoms with Gasteiger partial charge in [0.15, 0.2) is 0 Å². The Morgan fingerprint density at radius 2 is 0.679 bits per heavy atom. The molecule has 300 valence electrons. The fourth-order valence-corrected chi connectivity index (χ4v) is 10.1. The molecule has 2 fully saturated rings. The van der Waals surface area contributed by atoms with Gasteiger partial charge in [-0.3, -0.25) is 0 Å². The van der Waals surface area contributed by atoms with Gasteiger partial charge in [-0.15, -0.1) is 5.69 Å². The Hall–Kier alpha value is -1.97. The molecule has 1 heterocycles. The average Bonchev–Trinajstić information content (AvgIpc) is 3.61. The molecular formula is C45H49BF4Ir2N2P2-2. The second-order valence-electron chi connectivity index (χ2n) is 12.5. The summed E-state index contributed by atoms with van der Waals surface area (Å²) in [5.41, 5.74) is 2.17. The van der Waals surface area contributed by atoms with E-state index in [4.69, 9.17) is 0 Å². The minimum absolute atomic E-state index is 0. The molecule has 0 saturated heterocycles. The predicted molar refractivity (Wildman–Crippen MR) is 225 cm³/mol. The van der Waals surface area contributed by atoms with E-state index in [-0.39, 0.29) is 40.2 Å². The van der Waals surface area contributed by atoms with E-state index in [1.165, 1.54) is 72.6 Å². The molecule has 10 radical (unpaired) electrons. The van der Waals surface area contributed by atoms with Gasteiger partial charge in [0.25, 0.3) is 0 Å². The van der Waals surface area contributed by atoms with Crippen molar-refractivity contribution in [2.45, 2.75) is 63.7 Å². The fraction of sp³-hybridized carbons (Fsp3) is 0.222. The Bertz CT molecular complexity index is 1400. The van der Waals surface area contributed by atoms with Crippen molar-refractivity contribution < 1.29 is 57.5 Å². The van der Waals surface area contributed by atoms with E-state index in [2.05, 4.69) is 189 Å². The molecule has 0 unspecified atom stereocenters. The van der Waals surface area contributed by atoms with E-state index in [0.29, 0.717) is 0 Å². The maximum Gasteiger partial charge on any atom is 0.673 e. The van der Waals surface area contributed by atoms with Crippen LogP contribution in [0.15, 0.2) is 127 Å². The maximum absolute atomic E-state index is 9.75. The van der Waals surface area contributed by atoms with Crippen molar-refractivity contribution in [1.29, 1.82) is 0 Å². The average molecular weight is 1150 g/mol. The molecule has 2 aliphatic carbocycles. The van der Waals surface area contributed by atoms with Crippen molar-refractivity contribution in [3.63, 3.8) is 0 Å². The number of hydrogen-bond donors (Lipinski definition) is 0. The van der Waals surface area contributed by atoms with E-state index in [1.54, 1.807) is 0 Å². The van der Waals surface area contributed by atoms with Crippen LogP contribution in [0, 0.1) is 51.4 Å². The molecule has 7 rings (SSSR count). The van der Waals surface area contributed by atoms with Crippen molar-refractivity contribution >= 4 is 44.3 Å². The van der Waals surface area contributed by atoms with Gasteiger partial charge in [0.05, 0.1) is 0 Å². The van der Waals surface area contributed by atoms with Gasteiger partial charge in [0.1, 0.15) is 0 Å². The minimum atomic E-state index is -6.00. The molecule has 0 amide bonds. The van der Waals surface area contributed by atoms with E-state index in [0.717, 1.165) is 23.7 Å². The molecule has 4 aromatic carbocycles. The Labute approximate surface area is 363 Å². The van der Waals surface area contributed by atoms with Gasteiger partial charge >= 0.3 is 7.25 Å². The van der Waals surface area contributed by atoms with Crippen LogP contribution in [0.3, 0.4) is 0 Å². The van der Waals surface area contributed by atoms with Crippen LogP contribution in [-0.4, -0.2) is 12.4 Å². The third kappa shape index (κ3) is 21.7. The summed E-state index contributed by atoms with van der Waals surface area (Å²) in [5, 5.41) is 14.7. The number of halogens is 4. The summed E-state index contributed by atoms with van der Waals surface area (Å²) >= 11 is 0. The van der Waals surface area contributed by atoms with Gasteiger partial charge < -0.3 is 27.5 Å². The van der Waals surface area contributed by atoms with Crippen molar-refractivity contribution in [2.24, 2.45) is 0 Å². The normalized spacial score (nSPS) is 14.5. The minimum Gasteiger partial charge on any atom is -0.578 e. The number of aromatic nitrogens is 2. The largest absolute Gasteiger partial charge is 0.673 e. The summed E-state index contributed by atoms with van der Waals surface area (Å²) in [6, 6.07) is 45.5. The molecule has 2 saturated carbocycles. The van der Waals surface area contributed by atoms with Crippen molar-refractivity contribution in [2.75, 3.05) is 0 Å². The van der Waals surface area contributed by atoms with Crippen LogP contribution >= 0.6 is 15.8 Å². The Morgan fingerprint density at radius 1 is 0.429 bits per heavy atom. The zero-order chi connectivity index (χ0) is 38.1. The van der Waals surface area contributed by atoms with Gasteiger partial charge in [-0.25, -0.2) is 0 Å². The molecule has 1 aromatic heterocycles. The summed E-state index contributed by atoms with van der Waals surface area (Å²) in [6.45, 7) is 0. The topological polar surface area (TPSA) is 27.0 Å². The van der Waals surface area contributed by atoms with E-state index >= 15 is 0 Å². The zero-order valence-electron chi connectivity index (χ0n) is 31.4. The number of benzene rings is 4. The van der Waals surface area contributed by atoms with Crippen LogP contribution < -0.4 is 26.3 Å². The third-order valence-corrected chi connectivity index (χ3v) is 13.2. The first kappa shape index (κ1) is 50.2. The van der Waals surface area contributed by atoms with Gasteiger partial charge in [0, 0.05) is 52.1 Å². The molecule has 56 heavy (non-hydrogen) atoms. The van der Waals surface area contributed by atoms with E-state index in [9.17, 15) is 17.3 Å². The summed E-state index contributed by atoms with van der Waals surface area (Å²) < 4.78 is 39.0. The predicted octanol–water partition coefficient (Wildman–Crippen LogP) is 11.4. The first-order valence-electron chi connectivity index (χ1n) is 18.6. The van der Waals surface area contributed by atoms with Crippen LogP contribution in [-0.2, 0) is 52.5 Å². The van der Waals surface area contributed by atoms with Gasteiger partial charge in [-0.1, -0.05) is 127 Å². The molecule has 2 aliphatic rings. The van der Waals surface area contributed by atoms with Crippen LogP contribution in [0.2, 0.25) is 0 Å². The van der Waals surface area contributed by atoms with Crippen LogP contribution in [0.1, 0.15) is 62.8 Å². The van der Waals surface area contributed by atoms with Crippen LogP contribution in [0.4, 0.5) is 17.3 Å². The Morgan fingerprint density at radius 3 is 0.946 bits per heavy atom. The van der Waals surface area contributed by atoms with E-state index in [1.807, 2.05) is 0 Å². The summed E-state index contributed by atoms with van der Waals surface area (Å²) in [5.74, 6) is 0. The molecule has 0 spiro atoms. The van der Waals surface area contributed by atoms with Gasteiger partial charge in [-0.05, 0) is 146 Å². The van der Waals surface area contributed by atoms with Crippen LogP contribution in [0.5, 0.6) is 0 Å². The fourth-order valence-electron chi connectivity index (χ4n) is 5.66. The second kappa shape index (κ2) is 30.1. The first-order valence-corrected chi connectivity index (χ1v) is 21.6. The molecule has 2 nitrogen and oxygen atoms in total. The number of rotatable bonds is 8. The summed E-state index contributed by atoms with van der Waals surface area (Å²) in [6.07, 6.45) is 29.8. The SMILES string of the molecule is F[B-](F)(F)F.[CH]1[CH]CC[CH][CH]CC1.[CH]1[CH]CC[CH][CH]CC1.[Ir].[Ir].c1ccc(P(Cc2cc(CP(c3ccccc3)c3ccccc3)[n-]n2)c2ccccc2)cc1. The standard InChI is InChI=1S/C29H25N2P2.2C8H12.BF4.2Ir/c1-5-13-26(14-6-1)32(27-15-7-2-8-16-27)22-24-21-25(31-30-24)23-33(28-17-9-3-10-18-28)29-19-11-4-12-20-29;2*1-2-4-6-8-7-5-3-1;2-1(3,4)5;;/h1-21H,22-23H2;2*1-2,7-8H,3-6H2;;;/q-1;;;-1;;. The smallest absolute Gasteiger partial charge is 0.578 e. The monoisotopic (exact) mass is 1150 g/mol. The zero-order valence-corrected chi connectivity index (χ0v) is 37.9. The number of hydrogen-bond acceptors (Lipinski definition) is 1. The molecule has 5 aromatic rings. The number of nitrogens with zero attached hydrogens (tertiary/aromatic N) is 2. The maximum atomic E-state index is 9.75. The summed E-state index contributed by atoms with van der Waals surface area (Å²) in [4.78, 5) is 0. The van der Waals surface area contributed by atoms with Crippen LogP contribution in [0.25, 0.3) is 0 Å². The molecule has 0 bridgehead atoms. The van der Waals surface area contributed by atoms with Crippen molar-refractivity contribution in [3.05, 3.63) is 190 Å². The second-order valence-corrected chi connectivity index (χ2v) is 16.9. The molecule has 11 heteroatoms. The molecule has 0 N–H and O–H groups in total. The quantitative estimate of drug-likeness (QED) is 0.0880.